The van der Waals surface area contributed by atoms with E-state index < -0.39 is 20.8 Å². The minimum Gasteiger partial charge on any atom is -0.377 e. The summed E-state index contributed by atoms with van der Waals surface area (Å²) in [5.41, 5.74) is -0.932. The summed E-state index contributed by atoms with van der Waals surface area (Å²) in [5, 5.41) is 0. The monoisotopic (exact) mass is 332 g/mol. The van der Waals surface area contributed by atoms with Crippen molar-refractivity contribution in [1.82, 2.24) is 0 Å². The molecule has 0 heterocycles. The van der Waals surface area contributed by atoms with E-state index in [1.807, 2.05) is 0 Å². The summed E-state index contributed by atoms with van der Waals surface area (Å²) in [6.07, 6.45) is 4.96. The van der Waals surface area contributed by atoms with E-state index in [1.165, 1.54) is 6.08 Å². The third kappa shape index (κ3) is 9.83. The molecule has 0 fully saturated rings. The van der Waals surface area contributed by atoms with Crippen LogP contribution < -0.4 is 0 Å². The van der Waals surface area contributed by atoms with Gasteiger partial charge in [0.25, 0.3) is 0 Å². The van der Waals surface area contributed by atoms with Crippen LogP contribution in [-0.4, -0.2) is 52.3 Å². The molecule has 0 radical (unpaired) electrons. The van der Waals surface area contributed by atoms with Gasteiger partial charge in [0.1, 0.15) is 0 Å². The Hall–Kier alpha value is -0.0100. The van der Waals surface area contributed by atoms with Crippen molar-refractivity contribution in [3.8, 4) is 0 Å². The maximum absolute atomic E-state index is 10.8. The van der Waals surface area contributed by atoms with E-state index in [9.17, 15) is 4.57 Å². The van der Waals surface area contributed by atoms with Gasteiger partial charge in [0.2, 0.25) is 7.57 Å². The van der Waals surface area contributed by atoms with Gasteiger partial charge in [0.15, 0.2) is 0 Å². The Morgan fingerprint density at radius 1 is 1.15 bits per heavy atom. The van der Waals surface area contributed by atoms with Gasteiger partial charge >= 0.3 is 7.82 Å². The van der Waals surface area contributed by atoms with Gasteiger partial charge in [-0.2, -0.15) is 0 Å². The van der Waals surface area contributed by atoms with Gasteiger partial charge < -0.3 is 28.8 Å². The van der Waals surface area contributed by atoms with Crippen LogP contribution in [0.15, 0.2) is 12.7 Å². The predicted molar refractivity (Wildman–Crippen MR) is 76.2 cm³/mol. The topological polar surface area (TPSA) is 126 Å². The van der Waals surface area contributed by atoms with Crippen LogP contribution in [0.2, 0.25) is 0 Å². The number of hydrogen-bond donors (Lipinski definition) is 4. The third-order valence-electron chi connectivity index (χ3n) is 2.51. The molecule has 10 heteroatoms. The molecule has 0 amide bonds. The molecule has 1 atom stereocenters. The Kier molecular flexibility index (Phi) is 8.43. The van der Waals surface area contributed by atoms with E-state index in [0.717, 1.165) is 0 Å². The van der Waals surface area contributed by atoms with Gasteiger partial charge in [-0.15, -0.1) is 6.58 Å². The van der Waals surface area contributed by atoms with Crippen LogP contribution in [0.4, 0.5) is 0 Å². The molecule has 4 N–H and O–H groups in total. The molecule has 0 aromatic rings. The number of phosphoric ester groups is 1. The fourth-order valence-electron chi connectivity index (χ4n) is 1.25. The molecule has 20 heavy (non-hydrogen) atoms. The zero-order valence-electron chi connectivity index (χ0n) is 11.3. The first kappa shape index (κ1) is 20.0. The van der Waals surface area contributed by atoms with Crippen LogP contribution in [0.5, 0.6) is 0 Å². The summed E-state index contributed by atoms with van der Waals surface area (Å²) in [6, 6.07) is 0. The van der Waals surface area contributed by atoms with Crippen molar-refractivity contribution in [3.05, 3.63) is 12.7 Å². The van der Waals surface area contributed by atoms with Gasteiger partial charge in [-0.05, 0) is 12.7 Å². The van der Waals surface area contributed by atoms with E-state index in [0.29, 0.717) is 6.42 Å². The maximum atomic E-state index is 10.8. The number of ether oxygens (including phenoxy) is 1. The summed E-state index contributed by atoms with van der Waals surface area (Å²) in [6.45, 7) is 4.93. The van der Waals surface area contributed by atoms with Crippen molar-refractivity contribution >= 4 is 21.7 Å². The molecule has 1 unspecified atom stereocenters. The zero-order chi connectivity index (χ0) is 15.9. The summed E-state index contributed by atoms with van der Waals surface area (Å²) >= 11 is 0. The van der Waals surface area contributed by atoms with E-state index in [4.69, 9.17) is 28.8 Å². The van der Waals surface area contributed by atoms with E-state index in [-0.39, 0.29) is 26.4 Å². The number of hydrogen-bond acceptors (Lipinski definition) is 6. The Morgan fingerprint density at radius 2 is 1.70 bits per heavy atom. The molecule has 120 valence electrons. The molecule has 0 saturated heterocycles. The van der Waals surface area contributed by atoms with Crippen molar-refractivity contribution in [1.29, 1.82) is 0 Å². The van der Waals surface area contributed by atoms with E-state index in [2.05, 4.69) is 17.4 Å². The van der Waals surface area contributed by atoms with Gasteiger partial charge in [0, 0.05) is 5.41 Å². The Balaban J connectivity index is 4.81. The summed E-state index contributed by atoms with van der Waals surface area (Å²) in [5.74, 6) is 0. The quantitative estimate of drug-likeness (QED) is 0.250. The third-order valence-corrected chi connectivity index (χ3v) is 3.52. The first-order valence-electron chi connectivity index (χ1n) is 5.76. The van der Waals surface area contributed by atoms with Crippen molar-refractivity contribution in [2.24, 2.45) is 5.41 Å². The summed E-state index contributed by atoms with van der Waals surface area (Å²) in [4.78, 5) is 35.8. The fraction of sp³-hybridized carbons (Fsp3) is 0.700. The minimum absolute atomic E-state index is 0.0511. The lowest BCUT2D eigenvalue weighted by atomic mass is 9.88. The number of phosphoric acid groups is 1. The first-order valence-corrected chi connectivity index (χ1v) is 9.08. The van der Waals surface area contributed by atoms with Gasteiger partial charge in [-0.3, -0.25) is 4.52 Å². The highest BCUT2D eigenvalue weighted by molar-refractivity contribution is 7.57. The highest BCUT2D eigenvalue weighted by Crippen LogP contribution is 2.42. The largest absolute Gasteiger partial charge is 0.469 e. The van der Waals surface area contributed by atoms with Crippen LogP contribution in [0, 0.1) is 5.41 Å². The van der Waals surface area contributed by atoms with Crippen LogP contribution >= 0.6 is 15.4 Å². The molecule has 0 aromatic carbocycles. The highest BCUT2D eigenvalue weighted by atomic mass is 31.2. The normalized spacial score (nSPS) is 15.8. The summed E-state index contributed by atoms with van der Waals surface area (Å²) in [7, 11) is -8.35. The van der Waals surface area contributed by atoms with Crippen molar-refractivity contribution in [2.75, 3.05) is 26.4 Å². The molecule has 0 rings (SSSR count). The first-order chi connectivity index (χ1) is 9.04. The number of rotatable bonds is 11. The lowest BCUT2D eigenvalue weighted by molar-refractivity contribution is -0.0182. The standard InChI is InChI=1S/C10H22O8P2/c1-4-6-16-7-10(5-2,8-17-19(3,11)12)9-18-20(13,14)15/h4,11-12H,1,3,5-9H2,2H3,(H2,13,14,15). The zero-order valence-corrected chi connectivity index (χ0v) is 13.1. The SMILES string of the molecule is C=CCOCC(CC)(COP(=C)(O)O)COP(=O)(O)O. The Morgan fingerprint density at radius 3 is 2.10 bits per heavy atom. The second kappa shape index (κ2) is 8.44. The van der Waals surface area contributed by atoms with Crippen LogP contribution in [0.3, 0.4) is 0 Å². The minimum atomic E-state index is -4.64. The van der Waals surface area contributed by atoms with Gasteiger partial charge in [0.05, 0.1) is 26.4 Å². The van der Waals surface area contributed by atoms with E-state index >= 15 is 0 Å². The smallest absolute Gasteiger partial charge is 0.377 e. The van der Waals surface area contributed by atoms with Crippen molar-refractivity contribution in [3.63, 3.8) is 0 Å². The van der Waals surface area contributed by atoms with Crippen LogP contribution in [0.25, 0.3) is 0 Å². The van der Waals surface area contributed by atoms with Gasteiger partial charge in [-0.1, -0.05) is 13.0 Å². The second-order valence-electron chi connectivity index (χ2n) is 4.36. The molecular weight excluding hydrogens is 310 g/mol. The molecule has 0 spiro atoms. The molecule has 8 nitrogen and oxygen atoms in total. The molecule has 0 bridgehead atoms. The Labute approximate surface area is 118 Å². The molecule has 0 aliphatic rings. The highest BCUT2D eigenvalue weighted by Gasteiger charge is 2.34. The summed E-state index contributed by atoms with van der Waals surface area (Å²) < 4.78 is 25.4. The fourth-order valence-corrected chi connectivity index (χ4v) is 2.17. The molecule has 0 aliphatic heterocycles. The lowest BCUT2D eigenvalue weighted by Crippen LogP contribution is -2.36. The average molecular weight is 332 g/mol. The van der Waals surface area contributed by atoms with Crippen LogP contribution in [0.1, 0.15) is 13.3 Å². The van der Waals surface area contributed by atoms with Crippen molar-refractivity contribution in [2.45, 2.75) is 13.3 Å². The molecule has 0 saturated carbocycles. The molecule has 0 aliphatic carbocycles. The Bertz CT molecular complexity index is 359. The molecular formula is C10H22O8P2. The predicted octanol–water partition coefficient (Wildman–Crippen LogP) is 0.890. The maximum Gasteiger partial charge on any atom is 0.469 e. The van der Waals surface area contributed by atoms with Crippen LogP contribution in [-0.2, 0) is 18.3 Å². The van der Waals surface area contributed by atoms with E-state index in [1.54, 1.807) is 6.92 Å². The van der Waals surface area contributed by atoms with Gasteiger partial charge in [-0.25, -0.2) is 4.57 Å². The second-order valence-corrected chi connectivity index (χ2v) is 7.19. The average Bonchev–Trinajstić information content (AvgIpc) is 2.30. The lowest BCUT2D eigenvalue weighted by Gasteiger charge is -2.32. The van der Waals surface area contributed by atoms with Crippen molar-refractivity contribution < 1.29 is 37.9 Å². The molecule has 0 aromatic heterocycles.